The number of nitrogens with one attached hydrogen (secondary N) is 1. The molecule has 86 valence electrons. The van der Waals surface area contributed by atoms with E-state index in [1.807, 2.05) is 19.4 Å². The Labute approximate surface area is 99.3 Å². The Balaban J connectivity index is 2.36. The van der Waals surface area contributed by atoms with E-state index in [0.29, 0.717) is 6.04 Å². The number of aliphatic hydroxyl groups excluding tert-OH is 1. The van der Waals surface area contributed by atoms with Crippen molar-refractivity contribution in [2.24, 2.45) is 0 Å². The Bertz CT molecular complexity index is 287. The van der Waals surface area contributed by atoms with Gasteiger partial charge in [-0.15, -0.1) is 11.3 Å². The topological polar surface area (TPSA) is 45.1 Å². The van der Waals surface area contributed by atoms with Gasteiger partial charge in [0.15, 0.2) is 0 Å². The molecule has 0 aliphatic carbocycles. The summed E-state index contributed by atoms with van der Waals surface area (Å²) in [5.74, 6) is 0. The van der Waals surface area contributed by atoms with Crippen LogP contribution in [0.1, 0.15) is 16.8 Å². The molecule has 0 fully saturated rings. The van der Waals surface area contributed by atoms with Crippen LogP contribution in [0.5, 0.6) is 0 Å². The van der Waals surface area contributed by atoms with Gasteiger partial charge in [0.05, 0.1) is 11.6 Å². The highest BCUT2D eigenvalue weighted by Crippen LogP contribution is 2.14. The maximum absolute atomic E-state index is 9.13. The van der Waals surface area contributed by atoms with Crippen LogP contribution in [0.3, 0.4) is 0 Å². The lowest BCUT2D eigenvalue weighted by molar-refractivity contribution is 0.276. The molecule has 1 heterocycles. The number of aromatic nitrogens is 1. The first-order valence-corrected chi connectivity index (χ1v) is 7.06. The van der Waals surface area contributed by atoms with Gasteiger partial charge in [-0.1, -0.05) is 0 Å². The fourth-order valence-electron chi connectivity index (χ4n) is 1.32. The molecule has 0 bridgehead atoms. The van der Waals surface area contributed by atoms with Gasteiger partial charge >= 0.3 is 0 Å². The number of nitrogens with zero attached hydrogens (tertiary/aromatic N) is 1. The molecule has 0 spiro atoms. The second-order valence-electron chi connectivity index (χ2n) is 3.47. The van der Waals surface area contributed by atoms with Crippen LogP contribution in [0.4, 0.5) is 0 Å². The van der Waals surface area contributed by atoms with Crippen LogP contribution in [0, 0.1) is 6.92 Å². The number of hydrogen-bond donors (Lipinski definition) is 2. The van der Waals surface area contributed by atoms with Gasteiger partial charge in [0.1, 0.15) is 0 Å². The molecule has 0 saturated carbocycles. The first-order chi connectivity index (χ1) is 7.17. The van der Waals surface area contributed by atoms with Crippen LogP contribution in [0.2, 0.25) is 0 Å². The summed E-state index contributed by atoms with van der Waals surface area (Å²) in [5.41, 5.74) is 0. The molecule has 0 aromatic carbocycles. The smallest absolute Gasteiger partial charge is 0.0897 e. The lowest BCUT2D eigenvalue weighted by Gasteiger charge is -2.20. The van der Waals surface area contributed by atoms with E-state index in [-0.39, 0.29) is 11.9 Å². The van der Waals surface area contributed by atoms with Crippen molar-refractivity contribution in [1.29, 1.82) is 0 Å². The average molecular weight is 246 g/mol. The summed E-state index contributed by atoms with van der Waals surface area (Å²) in [6.07, 6.45) is 3.93. The van der Waals surface area contributed by atoms with Crippen molar-refractivity contribution in [2.75, 3.05) is 12.9 Å². The van der Waals surface area contributed by atoms with Gasteiger partial charge in [-0.05, 0) is 20.1 Å². The van der Waals surface area contributed by atoms with Crippen molar-refractivity contribution in [3.63, 3.8) is 0 Å². The maximum atomic E-state index is 9.13. The van der Waals surface area contributed by atoms with Crippen molar-refractivity contribution in [2.45, 2.75) is 31.7 Å². The van der Waals surface area contributed by atoms with Gasteiger partial charge in [0.25, 0.3) is 0 Å². The molecule has 1 aromatic rings. The van der Waals surface area contributed by atoms with Crippen molar-refractivity contribution >= 4 is 23.1 Å². The molecule has 0 amide bonds. The highest BCUT2D eigenvalue weighted by molar-refractivity contribution is 7.99. The Morgan fingerprint density at radius 3 is 2.87 bits per heavy atom. The zero-order valence-corrected chi connectivity index (χ0v) is 11.0. The molecule has 0 aliphatic rings. The molecule has 15 heavy (non-hydrogen) atoms. The molecule has 0 saturated heterocycles. The number of aliphatic hydroxyl groups is 1. The third kappa shape index (κ3) is 4.10. The first-order valence-electron chi connectivity index (χ1n) is 4.95. The SMILES string of the molecule is CSC(CO)C(C)NCc1cnc(C)s1. The predicted molar refractivity (Wildman–Crippen MR) is 67.5 cm³/mol. The Kier molecular flexibility index (Phi) is 5.60. The zero-order valence-electron chi connectivity index (χ0n) is 9.36. The number of thiazole rings is 1. The number of hydrogen-bond acceptors (Lipinski definition) is 5. The van der Waals surface area contributed by atoms with Crippen LogP contribution in [0.25, 0.3) is 0 Å². The van der Waals surface area contributed by atoms with E-state index >= 15 is 0 Å². The van der Waals surface area contributed by atoms with Crippen molar-refractivity contribution in [1.82, 2.24) is 10.3 Å². The highest BCUT2D eigenvalue weighted by Gasteiger charge is 2.14. The van der Waals surface area contributed by atoms with Crippen molar-refractivity contribution < 1.29 is 5.11 Å². The molecule has 5 heteroatoms. The third-order valence-electron chi connectivity index (χ3n) is 2.31. The summed E-state index contributed by atoms with van der Waals surface area (Å²) in [6.45, 7) is 5.17. The number of rotatable bonds is 6. The molecule has 2 unspecified atom stereocenters. The van der Waals surface area contributed by atoms with Crippen LogP contribution >= 0.6 is 23.1 Å². The summed E-state index contributed by atoms with van der Waals surface area (Å²) in [4.78, 5) is 5.45. The Hall–Kier alpha value is -0.100. The monoisotopic (exact) mass is 246 g/mol. The van der Waals surface area contributed by atoms with Crippen LogP contribution in [0.15, 0.2) is 6.20 Å². The number of aryl methyl sites for hydroxylation is 1. The van der Waals surface area contributed by atoms with Gasteiger partial charge in [-0.25, -0.2) is 4.98 Å². The Morgan fingerprint density at radius 2 is 2.40 bits per heavy atom. The minimum Gasteiger partial charge on any atom is -0.395 e. The van der Waals surface area contributed by atoms with E-state index in [1.54, 1.807) is 23.1 Å². The molecule has 0 radical (unpaired) electrons. The minimum absolute atomic E-state index is 0.219. The molecule has 3 nitrogen and oxygen atoms in total. The standard InChI is InChI=1S/C10H18N2OS2/c1-7(10(6-13)14-3)11-4-9-5-12-8(2)15-9/h5,7,10-11,13H,4,6H2,1-3H3. The van der Waals surface area contributed by atoms with Gasteiger partial charge in [0, 0.05) is 28.9 Å². The second kappa shape index (κ2) is 6.48. The lowest BCUT2D eigenvalue weighted by Crippen LogP contribution is -2.36. The average Bonchev–Trinajstić information content (AvgIpc) is 2.63. The molecular formula is C10H18N2OS2. The van der Waals surface area contributed by atoms with E-state index in [1.165, 1.54) is 4.88 Å². The lowest BCUT2D eigenvalue weighted by atomic mass is 10.2. The van der Waals surface area contributed by atoms with Crippen molar-refractivity contribution in [3.8, 4) is 0 Å². The van der Waals surface area contributed by atoms with E-state index in [4.69, 9.17) is 5.11 Å². The third-order valence-corrected chi connectivity index (χ3v) is 4.38. The van der Waals surface area contributed by atoms with Crippen molar-refractivity contribution in [3.05, 3.63) is 16.1 Å². The van der Waals surface area contributed by atoms with E-state index in [2.05, 4.69) is 17.2 Å². The predicted octanol–water partition coefficient (Wildman–Crippen LogP) is 1.65. The Morgan fingerprint density at radius 1 is 1.67 bits per heavy atom. The summed E-state index contributed by atoms with van der Waals surface area (Å²) in [6, 6.07) is 0.312. The fraction of sp³-hybridized carbons (Fsp3) is 0.700. The van der Waals surface area contributed by atoms with Gasteiger partial charge in [0.2, 0.25) is 0 Å². The zero-order chi connectivity index (χ0) is 11.3. The van der Waals surface area contributed by atoms with Gasteiger partial charge in [-0.3, -0.25) is 0 Å². The molecule has 1 aromatic heterocycles. The maximum Gasteiger partial charge on any atom is 0.0897 e. The molecule has 2 atom stereocenters. The van der Waals surface area contributed by atoms with Gasteiger partial charge in [-0.2, -0.15) is 11.8 Å². The summed E-state index contributed by atoms with van der Waals surface area (Å²) >= 11 is 3.41. The molecule has 2 N–H and O–H groups in total. The number of thioether (sulfide) groups is 1. The van der Waals surface area contributed by atoms with E-state index in [0.717, 1.165) is 11.6 Å². The van der Waals surface area contributed by atoms with Crippen LogP contribution in [-0.2, 0) is 6.54 Å². The largest absolute Gasteiger partial charge is 0.395 e. The minimum atomic E-state index is 0.219. The quantitative estimate of drug-likeness (QED) is 0.801. The fourth-order valence-corrected chi connectivity index (χ4v) is 2.72. The van der Waals surface area contributed by atoms with E-state index < -0.39 is 0 Å². The summed E-state index contributed by atoms with van der Waals surface area (Å²) < 4.78 is 0. The molecule has 1 rings (SSSR count). The molecular weight excluding hydrogens is 228 g/mol. The normalized spacial score (nSPS) is 15.2. The first kappa shape index (κ1) is 13.0. The van der Waals surface area contributed by atoms with E-state index in [9.17, 15) is 0 Å². The van der Waals surface area contributed by atoms with Crippen LogP contribution in [-0.4, -0.2) is 34.2 Å². The summed E-state index contributed by atoms with van der Waals surface area (Å²) in [7, 11) is 0. The second-order valence-corrected chi connectivity index (χ2v) is 5.87. The summed E-state index contributed by atoms with van der Waals surface area (Å²) in [5, 5.41) is 13.9. The van der Waals surface area contributed by atoms with Crippen LogP contribution < -0.4 is 5.32 Å². The van der Waals surface area contributed by atoms with Gasteiger partial charge < -0.3 is 10.4 Å². The molecule has 0 aliphatic heterocycles. The highest BCUT2D eigenvalue weighted by atomic mass is 32.2.